The summed E-state index contributed by atoms with van der Waals surface area (Å²) in [5, 5.41) is 0.458. The number of rotatable bonds is 5. The highest BCUT2D eigenvalue weighted by atomic mass is 35.5. The zero-order chi connectivity index (χ0) is 17.4. The SMILES string of the molecule is CC1CCC(Cn2cnc3cc(Cl)nc(OC(C)C4CCC4)c32)CC1. The predicted octanol–water partition coefficient (Wildman–Crippen LogP) is 5.48. The second-order valence-corrected chi connectivity index (χ2v) is 8.54. The summed E-state index contributed by atoms with van der Waals surface area (Å²) in [7, 11) is 0. The van der Waals surface area contributed by atoms with E-state index in [1.54, 1.807) is 0 Å². The van der Waals surface area contributed by atoms with Crippen molar-refractivity contribution in [2.24, 2.45) is 17.8 Å². The van der Waals surface area contributed by atoms with Gasteiger partial charge in [-0.15, -0.1) is 0 Å². The fourth-order valence-electron chi connectivity index (χ4n) is 4.22. The van der Waals surface area contributed by atoms with Crippen LogP contribution in [-0.4, -0.2) is 20.6 Å². The molecule has 4 rings (SSSR count). The zero-order valence-electron chi connectivity index (χ0n) is 15.2. The first kappa shape index (κ1) is 17.1. The van der Waals surface area contributed by atoms with Crippen LogP contribution in [0.15, 0.2) is 12.4 Å². The van der Waals surface area contributed by atoms with Crippen LogP contribution < -0.4 is 4.74 Å². The van der Waals surface area contributed by atoms with Crippen LogP contribution in [0.3, 0.4) is 0 Å². The highest BCUT2D eigenvalue weighted by molar-refractivity contribution is 6.30. The van der Waals surface area contributed by atoms with Crippen molar-refractivity contribution in [3.05, 3.63) is 17.5 Å². The molecule has 2 aromatic rings. The van der Waals surface area contributed by atoms with Gasteiger partial charge in [-0.2, -0.15) is 4.98 Å². The summed E-state index contributed by atoms with van der Waals surface area (Å²) in [5.41, 5.74) is 1.90. The molecule has 25 heavy (non-hydrogen) atoms. The van der Waals surface area contributed by atoms with Crippen LogP contribution in [0, 0.1) is 17.8 Å². The molecule has 0 spiro atoms. The van der Waals surface area contributed by atoms with Crippen LogP contribution >= 0.6 is 11.6 Å². The van der Waals surface area contributed by atoms with Gasteiger partial charge in [0.15, 0.2) is 0 Å². The van der Waals surface area contributed by atoms with E-state index < -0.39 is 0 Å². The van der Waals surface area contributed by atoms with E-state index in [0.717, 1.165) is 29.4 Å². The van der Waals surface area contributed by atoms with Crippen LogP contribution in [0.5, 0.6) is 5.88 Å². The summed E-state index contributed by atoms with van der Waals surface area (Å²) in [6, 6.07) is 1.84. The van der Waals surface area contributed by atoms with Crippen molar-refractivity contribution < 1.29 is 4.74 Å². The molecule has 0 radical (unpaired) electrons. The van der Waals surface area contributed by atoms with Crippen molar-refractivity contribution in [2.45, 2.75) is 71.4 Å². The van der Waals surface area contributed by atoms with Crippen LogP contribution in [0.4, 0.5) is 0 Å². The number of ether oxygens (including phenoxy) is 1. The lowest BCUT2D eigenvalue weighted by molar-refractivity contribution is 0.0957. The van der Waals surface area contributed by atoms with E-state index in [-0.39, 0.29) is 6.10 Å². The number of fused-ring (bicyclic) bond motifs is 1. The molecule has 2 heterocycles. The van der Waals surface area contributed by atoms with Crippen LogP contribution in [0.2, 0.25) is 5.15 Å². The number of imidazole rings is 1. The third kappa shape index (κ3) is 3.64. The molecule has 2 aliphatic rings. The van der Waals surface area contributed by atoms with Crippen molar-refractivity contribution in [1.29, 1.82) is 0 Å². The summed E-state index contributed by atoms with van der Waals surface area (Å²) in [6.07, 6.45) is 11.2. The molecule has 5 heteroatoms. The Balaban J connectivity index is 1.59. The zero-order valence-corrected chi connectivity index (χ0v) is 16.0. The van der Waals surface area contributed by atoms with Gasteiger partial charge in [-0.05, 0) is 50.4 Å². The van der Waals surface area contributed by atoms with Gasteiger partial charge in [-0.1, -0.05) is 37.8 Å². The maximum absolute atomic E-state index is 6.26. The maximum Gasteiger partial charge on any atom is 0.241 e. The average molecular weight is 362 g/mol. The third-order valence-corrected chi connectivity index (χ3v) is 6.43. The average Bonchev–Trinajstić information content (AvgIpc) is 2.90. The topological polar surface area (TPSA) is 39.9 Å². The Bertz CT molecular complexity index is 732. The molecule has 0 aromatic carbocycles. The third-order valence-electron chi connectivity index (χ3n) is 6.23. The minimum absolute atomic E-state index is 0.182. The molecule has 2 aliphatic carbocycles. The van der Waals surface area contributed by atoms with Gasteiger partial charge < -0.3 is 9.30 Å². The van der Waals surface area contributed by atoms with Crippen molar-refractivity contribution in [3.8, 4) is 5.88 Å². The molecule has 0 saturated heterocycles. The summed E-state index contributed by atoms with van der Waals surface area (Å²) >= 11 is 6.21. The fraction of sp³-hybridized carbons (Fsp3) is 0.700. The molecule has 1 unspecified atom stereocenters. The van der Waals surface area contributed by atoms with E-state index in [0.29, 0.717) is 17.0 Å². The normalized spacial score (nSPS) is 25.7. The number of aromatic nitrogens is 3. The van der Waals surface area contributed by atoms with Crippen LogP contribution in [0.25, 0.3) is 11.0 Å². The van der Waals surface area contributed by atoms with Crippen LogP contribution in [0.1, 0.15) is 58.8 Å². The Morgan fingerprint density at radius 1 is 1.24 bits per heavy atom. The molecule has 0 N–H and O–H groups in total. The number of halogens is 1. The van der Waals surface area contributed by atoms with Gasteiger partial charge in [0.1, 0.15) is 16.8 Å². The summed E-state index contributed by atoms with van der Waals surface area (Å²) < 4.78 is 8.50. The highest BCUT2D eigenvalue weighted by Gasteiger charge is 2.27. The Kier molecular flexibility index (Phi) is 4.90. The van der Waals surface area contributed by atoms with Gasteiger partial charge in [-0.3, -0.25) is 0 Å². The number of hydrogen-bond donors (Lipinski definition) is 0. The first-order chi connectivity index (χ1) is 12.1. The summed E-state index contributed by atoms with van der Waals surface area (Å²) in [6.45, 7) is 5.52. The first-order valence-electron chi connectivity index (χ1n) is 9.78. The lowest BCUT2D eigenvalue weighted by Gasteiger charge is -2.31. The largest absolute Gasteiger partial charge is 0.473 e. The number of pyridine rings is 1. The number of hydrogen-bond acceptors (Lipinski definition) is 3. The highest BCUT2D eigenvalue weighted by Crippen LogP contribution is 2.35. The minimum atomic E-state index is 0.182. The standard InChI is InChI=1S/C20H28ClN3O/c1-13-6-8-15(9-7-13)11-24-12-22-17-10-18(21)23-20(19(17)24)25-14(2)16-4-3-5-16/h10,12-16H,3-9,11H2,1-2H3. The van der Waals surface area contributed by atoms with Crippen molar-refractivity contribution in [1.82, 2.24) is 14.5 Å². The van der Waals surface area contributed by atoms with Crippen molar-refractivity contribution in [2.75, 3.05) is 0 Å². The van der Waals surface area contributed by atoms with E-state index in [1.807, 2.05) is 12.4 Å². The molecular formula is C20H28ClN3O. The molecule has 4 nitrogen and oxygen atoms in total. The molecule has 2 saturated carbocycles. The predicted molar refractivity (Wildman–Crippen MR) is 101 cm³/mol. The second kappa shape index (κ2) is 7.14. The smallest absolute Gasteiger partial charge is 0.241 e. The van der Waals surface area contributed by atoms with Crippen molar-refractivity contribution >= 4 is 22.6 Å². The minimum Gasteiger partial charge on any atom is -0.473 e. The molecular weight excluding hydrogens is 334 g/mol. The Morgan fingerprint density at radius 2 is 2.00 bits per heavy atom. The molecule has 2 aromatic heterocycles. The van der Waals surface area contributed by atoms with E-state index in [4.69, 9.17) is 16.3 Å². The molecule has 0 bridgehead atoms. The Hall–Kier alpha value is -1.29. The molecule has 136 valence electrons. The summed E-state index contributed by atoms with van der Waals surface area (Å²) in [5.74, 6) is 2.90. The van der Waals surface area contributed by atoms with Crippen molar-refractivity contribution in [3.63, 3.8) is 0 Å². The van der Waals surface area contributed by atoms with E-state index >= 15 is 0 Å². The number of nitrogens with zero attached hydrogens (tertiary/aromatic N) is 3. The van der Waals surface area contributed by atoms with E-state index in [1.165, 1.54) is 44.9 Å². The lowest BCUT2D eigenvalue weighted by atomic mass is 9.82. The van der Waals surface area contributed by atoms with Gasteiger partial charge in [0, 0.05) is 12.6 Å². The maximum atomic E-state index is 6.26. The first-order valence-corrected chi connectivity index (χ1v) is 10.2. The molecule has 0 amide bonds. The molecule has 2 fully saturated rings. The molecule has 1 atom stereocenters. The van der Waals surface area contributed by atoms with E-state index in [9.17, 15) is 0 Å². The van der Waals surface area contributed by atoms with Gasteiger partial charge in [-0.25, -0.2) is 4.98 Å². The fourth-order valence-corrected chi connectivity index (χ4v) is 4.40. The lowest BCUT2D eigenvalue weighted by Crippen LogP contribution is -2.29. The van der Waals surface area contributed by atoms with Gasteiger partial charge >= 0.3 is 0 Å². The Labute approximate surface area is 154 Å². The second-order valence-electron chi connectivity index (χ2n) is 8.15. The summed E-state index contributed by atoms with van der Waals surface area (Å²) in [4.78, 5) is 9.07. The van der Waals surface area contributed by atoms with Crippen LogP contribution in [-0.2, 0) is 6.54 Å². The Morgan fingerprint density at radius 3 is 2.68 bits per heavy atom. The monoisotopic (exact) mass is 361 g/mol. The van der Waals surface area contributed by atoms with E-state index in [2.05, 4.69) is 28.4 Å². The van der Waals surface area contributed by atoms with Gasteiger partial charge in [0.2, 0.25) is 5.88 Å². The van der Waals surface area contributed by atoms with Gasteiger partial charge in [0.25, 0.3) is 0 Å². The van der Waals surface area contributed by atoms with Gasteiger partial charge in [0.05, 0.1) is 11.8 Å². The molecule has 0 aliphatic heterocycles. The quantitative estimate of drug-likeness (QED) is 0.662.